The van der Waals surface area contributed by atoms with Gasteiger partial charge < -0.3 is 15.8 Å². The van der Waals surface area contributed by atoms with E-state index >= 15 is 0 Å². The summed E-state index contributed by atoms with van der Waals surface area (Å²) in [5, 5.41) is 2.77. The van der Waals surface area contributed by atoms with Crippen molar-refractivity contribution in [3.05, 3.63) is 0 Å². The zero-order valence-electron chi connectivity index (χ0n) is 8.51. The van der Waals surface area contributed by atoms with Gasteiger partial charge in [-0.15, -0.1) is 0 Å². The van der Waals surface area contributed by atoms with Crippen LogP contribution in [0.25, 0.3) is 0 Å². The lowest BCUT2D eigenvalue weighted by Gasteiger charge is -2.06. The molecule has 0 aliphatic rings. The Morgan fingerprint density at radius 3 is 2.85 bits per heavy atom. The van der Waals surface area contributed by atoms with Gasteiger partial charge >= 0.3 is 0 Å². The third-order valence-corrected chi connectivity index (χ3v) is 1.50. The lowest BCUT2D eigenvalue weighted by Crippen LogP contribution is -2.30. The lowest BCUT2D eigenvalue weighted by molar-refractivity contribution is -0.121. The first-order valence-corrected chi connectivity index (χ1v) is 4.76. The molecule has 0 bridgehead atoms. The van der Waals surface area contributed by atoms with E-state index in [-0.39, 0.29) is 11.9 Å². The summed E-state index contributed by atoms with van der Waals surface area (Å²) in [6.07, 6.45) is 1.26. The average Bonchev–Trinajstić information content (AvgIpc) is 2.02. The molecule has 0 aliphatic carbocycles. The highest BCUT2D eigenvalue weighted by Gasteiger charge is 2.02. The molecule has 0 radical (unpaired) electrons. The second-order valence-electron chi connectivity index (χ2n) is 3.08. The Morgan fingerprint density at radius 1 is 1.62 bits per heavy atom. The molecule has 0 spiro atoms. The number of rotatable bonds is 7. The summed E-state index contributed by atoms with van der Waals surface area (Å²) in [6, 6.07) is -0.0631. The highest BCUT2D eigenvalue weighted by Crippen LogP contribution is 1.86. The number of nitrogens with two attached hydrogens (primary N) is 1. The molecule has 1 unspecified atom stereocenters. The van der Waals surface area contributed by atoms with Gasteiger partial charge in [-0.2, -0.15) is 0 Å². The van der Waals surface area contributed by atoms with Crippen molar-refractivity contribution in [3.63, 3.8) is 0 Å². The van der Waals surface area contributed by atoms with Gasteiger partial charge in [0.05, 0.1) is 0 Å². The SMILES string of the molecule is CCOCCCNC(=O)CC(C)N. The maximum atomic E-state index is 11.1. The predicted octanol–water partition coefficient (Wildman–Crippen LogP) is 0.267. The van der Waals surface area contributed by atoms with Gasteiger partial charge in [-0.1, -0.05) is 0 Å². The normalized spacial score (nSPS) is 12.5. The largest absolute Gasteiger partial charge is 0.382 e. The number of carbonyl (C=O) groups is 1. The molecular weight excluding hydrogens is 168 g/mol. The Hall–Kier alpha value is -0.610. The maximum Gasteiger partial charge on any atom is 0.221 e. The molecule has 0 aromatic heterocycles. The Balaban J connectivity index is 3.17. The maximum absolute atomic E-state index is 11.1. The van der Waals surface area contributed by atoms with E-state index in [1.165, 1.54) is 0 Å². The minimum atomic E-state index is -0.0631. The molecule has 13 heavy (non-hydrogen) atoms. The summed E-state index contributed by atoms with van der Waals surface area (Å²) >= 11 is 0. The van der Waals surface area contributed by atoms with Crippen LogP contribution in [0.5, 0.6) is 0 Å². The molecular formula is C9H20N2O2. The second kappa shape index (κ2) is 8.01. The van der Waals surface area contributed by atoms with Crippen molar-refractivity contribution in [1.82, 2.24) is 5.32 Å². The van der Waals surface area contributed by atoms with Gasteiger partial charge in [-0.3, -0.25) is 4.79 Å². The number of nitrogens with one attached hydrogen (secondary N) is 1. The summed E-state index contributed by atoms with van der Waals surface area (Å²) < 4.78 is 5.12. The Kier molecular flexibility index (Phi) is 7.63. The van der Waals surface area contributed by atoms with Gasteiger partial charge in [-0.05, 0) is 20.3 Å². The van der Waals surface area contributed by atoms with Crippen LogP contribution in [0.15, 0.2) is 0 Å². The fourth-order valence-corrected chi connectivity index (χ4v) is 0.911. The second-order valence-corrected chi connectivity index (χ2v) is 3.08. The summed E-state index contributed by atoms with van der Waals surface area (Å²) in [7, 11) is 0. The van der Waals surface area contributed by atoms with E-state index in [4.69, 9.17) is 10.5 Å². The van der Waals surface area contributed by atoms with Crippen LogP contribution >= 0.6 is 0 Å². The zero-order chi connectivity index (χ0) is 10.1. The minimum Gasteiger partial charge on any atom is -0.382 e. The molecule has 1 atom stereocenters. The third-order valence-electron chi connectivity index (χ3n) is 1.50. The topological polar surface area (TPSA) is 64.3 Å². The third kappa shape index (κ3) is 9.30. The Bertz CT molecular complexity index is 138. The van der Waals surface area contributed by atoms with Crippen LogP contribution in [-0.2, 0) is 9.53 Å². The van der Waals surface area contributed by atoms with Crippen molar-refractivity contribution >= 4 is 5.91 Å². The summed E-state index contributed by atoms with van der Waals surface area (Å²) in [6.45, 7) is 5.88. The summed E-state index contributed by atoms with van der Waals surface area (Å²) in [5.74, 6) is 0.0199. The van der Waals surface area contributed by atoms with Crippen molar-refractivity contribution in [2.24, 2.45) is 5.73 Å². The van der Waals surface area contributed by atoms with Gasteiger partial charge in [0, 0.05) is 32.2 Å². The van der Waals surface area contributed by atoms with Crippen LogP contribution in [0.3, 0.4) is 0 Å². The van der Waals surface area contributed by atoms with Crippen molar-refractivity contribution in [3.8, 4) is 0 Å². The zero-order valence-corrected chi connectivity index (χ0v) is 8.51. The molecule has 4 nitrogen and oxygen atoms in total. The molecule has 4 heteroatoms. The Labute approximate surface area is 79.8 Å². The molecule has 0 saturated carbocycles. The standard InChI is InChI=1S/C9H20N2O2/c1-3-13-6-4-5-11-9(12)7-8(2)10/h8H,3-7,10H2,1-2H3,(H,11,12). The number of carbonyl (C=O) groups excluding carboxylic acids is 1. The smallest absolute Gasteiger partial charge is 0.221 e. The first kappa shape index (κ1) is 12.4. The van der Waals surface area contributed by atoms with E-state index in [0.29, 0.717) is 19.6 Å². The van der Waals surface area contributed by atoms with E-state index in [2.05, 4.69) is 5.32 Å². The van der Waals surface area contributed by atoms with E-state index in [0.717, 1.165) is 13.0 Å². The average molecular weight is 188 g/mol. The predicted molar refractivity (Wildman–Crippen MR) is 52.4 cm³/mol. The highest BCUT2D eigenvalue weighted by atomic mass is 16.5. The molecule has 3 N–H and O–H groups in total. The summed E-state index contributed by atoms with van der Waals surface area (Å²) in [5.41, 5.74) is 5.46. The van der Waals surface area contributed by atoms with Gasteiger partial charge in [0.2, 0.25) is 5.91 Å². The van der Waals surface area contributed by atoms with Crippen LogP contribution in [0.4, 0.5) is 0 Å². The van der Waals surface area contributed by atoms with Crippen LogP contribution in [0.1, 0.15) is 26.7 Å². The first-order chi connectivity index (χ1) is 6.16. The van der Waals surface area contributed by atoms with E-state index < -0.39 is 0 Å². The summed E-state index contributed by atoms with van der Waals surface area (Å²) in [4.78, 5) is 11.1. The molecule has 1 amide bonds. The van der Waals surface area contributed by atoms with Crippen LogP contribution in [0.2, 0.25) is 0 Å². The monoisotopic (exact) mass is 188 g/mol. The number of ether oxygens (including phenoxy) is 1. The molecule has 0 fully saturated rings. The molecule has 78 valence electrons. The number of amides is 1. The van der Waals surface area contributed by atoms with Crippen molar-refractivity contribution in [2.45, 2.75) is 32.7 Å². The molecule has 0 saturated heterocycles. The van der Waals surface area contributed by atoms with E-state index in [1.807, 2.05) is 13.8 Å². The van der Waals surface area contributed by atoms with Gasteiger partial charge in [0.15, 0.2) is 0 Å². The molecule has 0 aromatic rings. The van der Waals surface area contributed by atoms with Gasteiger partial charge in [-0.25, -0.2) is 0 Å². The first-order valence-electron chi connectivity index (χ1n) is 4.76. The van der Waals surface area contributed by atoms with Gasteiger partial charge in [0.25, 0.3) is 0 Å². The van der Waals surface area contributed by atoms with Gasteiger partial charge in [0.1, 0.15) is 0 Å². The molecule has 0 rings (SSSR count). The van der Waals surface area contributed by atoms with E-state index in [1.54, 1.807) is 0 Å². The van der Waals surface area contributed by atoms with Crippen LogP contribution < -0.4 is 11.1 Å². The molecule has 0 heterocycles. The number of hydrogen-bond donors (Lipinski definition) is 2. The molecule has 0 aliphatic heterocycles. The minimum absolute atomic E-state index is 0.0199. The number of hydrogen-bond acceptors (Lipinski definition) is 3. The van der Waals surface area contributed by atoms with Crippen molar-refractivity contribution in [1.29, 1.82) is 0 Å². The van der Waals surface area contributed by atoms with Crippen LogP contribution in [0, 0.1) is 0 Å². The van der Waals surface area contributed by atoms with Crippen molar-refractivity contribution in [2.75, 3.05) is 19.8 Å². The van der Waals surface area contributed by atoms with Crippen molar-refractivity contribution < 1.29 is 9.53 Å². The Morgan fingerprint density at radius 2 is 2.31 bits per heavy atom. The fraction of sp³-hybridized carbons (Fsp3) is 0.889. The quantitative estimate of drug-likeness (QED) is 0.563. The van der Waals surface area contributed by atoms with E-state index in [9.17, 15) is 4.79 Å². The highest BCUT2D eigenvalue weighted by molar-refractivity contribution is 5.76. The van der Waals surface area contributed by atoms with Crippen LogP contribution in [-0.4, -0.2) is 31.7 Å². The lowest BCUT2D eigenvalue weighted by atomic mass is 10.2. The fourth-order valence-electron chi connectivity index (χ4n) is 0.911. The molecule has 0 aromatic carbocycles.